The van der Waals surface area contributed by atoms with E-state index >= 15 is 0 Å². The van der Waals surface area contributed by atoms with E-state index in [-0.39, 0.29) is 25.5 Å². The minimum absolute atomic E-state index is 0.0499. The molecule has 0 saturated carbocycles. The second-order valence-electron chi connectivity index (χ2n) is 4.96. The van der Waals surface area contributed by atoms with Crippen LogP contribution in [-0.2, 0) is 9.53 Å². The zero-order valence-corrected chi connectivity index (χ0v) is 11.3. The van der Waals surface area contributed by atoms with Gasteiger partial charge >= 0.3 is 6.17 Å². The van der Waals surface area contributed by atoms with Crippen LogP contribution in [0, 0.1) is 0 Å². The largest absolute Gasteiger partial charge is 0.380 e. The summed E-state index contributed by atoms with van der Waals surface area (Å²) < 4.78 is 34.0. The summed E-state index contributed by atoms with van der Waals surface area (Å²) in [6.45, 7) is 4.13. The maximum atomic E-state index is 14.4. The van der Waals surface area contributed by atoms with E-state index in [0.29, 0.717) is 39.3 Å². The number of alkyl halides is 2. The zero-order valence-electron chi connectivity index (χ0n) is 11.3. The molecule has 2 aliphatic rings. The van der Waals surface area contributed by atoms with Crippen molar-refractivity contribution in [3.8, 4) is 0 Å². The van der Waals surface area contributed by atoms with Gasteiger partial charge in [0.15, 0.2) is 0 Å². The van der Waals surface area contributed by atoms with Gasteiger partial charge in [-0.3, -0.25) is 4.79 Å². The molecule has 2 saturated heterocycles. The highest BCUT2D eigenvalue weighted by atomic mass is 19.3. The zero-order chi connectivity index (χ0) is 13.9. The summed E-state index contributed by atoms with van der Waals surface area (Å²) in [5, 5.41) is 0. The molecule has 0 bridgehead atoms. The highest BCUT2D eigenvalue weighted by Crippen LogP contribution is 2.26. The van der Waals surface area contributed by atoms with Crippen LogP contribution in [0.25, 0.3) is 0 Å². The van der Waals surface area contributed by atoms with Crippen LogP contribution in [0.15, 0.2) is 0 Å². The lowest BCUT2D eigenvalue weighted by Gasteiger charge is -2.42. The normalized spacial score (nSPS) is 24.3. The first kappa shape index (κ1) is 14.6. The predicted octanol–water partition coefficient (Wildman–Crippen LogP) is 0.423. The van der Waals surface area contributed by atoms with Crippen molar-refractivity contribution in [3.05, 3.63) is 0 Å². The van der Waals surface area contributed by atoms with Crippen molar-refractivity contribution in [3.63, 3.8) is 0 Å². The molecule has 0 radical (unpaired) electrons. The van der Waals surface area contributed by atoms with E-state index in [9.17, 15) is 13.6 Å². The van der Waals surface area contributed by atoms with Crippen molar-refractivity contribution < 1.29 is 18.3 Å². The fourth-order valence-corrected chi connectivity index (χ4v) is 2.51. The lowest BCUT2D eigenvalue weighted by atomic mass is 10.3. The van der Waals surface area contributed by atoms with Gasteiger partial charge in [-0.05, 0) is 6.42 Å². The quantitative estimate of drug-likeness (QED) is 0.686. The number of amides is 1. The Morgan fingerprint density at radius 1 is 1.00 bits per heavy atom. The monoisotopic (exact) mass is 277 g/mol. The number of halogens is 2. The number of nitrogens with zero attached hydrogens (tertiary/aromatic N) is 3. The van der Waals surface area contributed by atoms with Gasteiger partial charge in [0.1, 0.15) is 0 Å². The first-order valence-electron chi connectivity index (χ1n) is 6.73. The Labute approximate surface area is 112 Å². The van der Waals surface area contributed by atoms with E-state index in [2.05, 4.69) is 0 Å². The molecular formula is C12H21F2N3O2. The predicted molar refractivity (Wildman–Crippen MR) is 65.8 cm³/mol. The summed E-state index contributed by atoms with van der Waals surface area (Å²) in [6.07, 6.45) is -2.32. The standard InChI is InChI=1S/C12H21F2N3O2/c1-11(18)15-4-6-17(7-5-15)12(13,14)16-3-2-9-19-10-8-16/h2-10H2,1H3. The summed E-state index contributed by atoms with van der Waals surface area (Å²) in [6, 6.07) is 0. The Morgan fingerprint density at radius 2 is 1.63 bits per heavy atom. The minimum atomic E-state index is -2.95. The SMILES string of the molecule is CC(=O)N1CCN(C(F)(F)N2CCCOCC2)CC1. The van der Waals surface area contributed by atoms with Crippen LogP contribution in [0.1, 0.15) is 13.3 Å². The maximum absolute atomic E-state index is 14.4. The molecule has 7 heteroatoms. The molecule has 0 N–H and O–H groups in total. The van der Waals surface area contributed by atoms with Crippen LogP contribution in [0.3, 0.4) is 0 Å². The summed E-state index contributed by atoms with van der Waals surface area (Å²) in [4.78, 5) is 15.2. The van der Waals surface area contributed by atoms with Gasteiger partial charge < -0.3 is 9.64 Å². The van der Waals surface area contributed by atoms with Crippen molar-refractivity contribution in [2.45, 2.75) is 19.5 Å². The van der Waals surface area contributed by atoms with Crippen LogP contribution in [0.2, 0.25) is 0 Å². The average Bonchev–Trinajstić information content (AvgIpc) is 2.68. The van der Waals surface area contributed by atoms with Crippen LogP contribution in [-0.4, -0.2) is 79.3 Å². The fraction of sp³-hybridized carbons (Fsp3) is 0.917. The number of carbonyl (C=O) groups excluding carboxylic acids is 1. The van der Waals surface area contributed by atoms with Crippen molar-refractivity contribution in [2.75, 3.05) is 52.5 Å². The second kappa shape index (κ2) is 6.11. The van der Waals surface area contributed by atoms with E-state index in [4.69, 9.17) is 4.74 Å². The van der Waals surface area contributed by atoms with Gasteiger partial charge in [0.05, 0.1) is 6.61 Å². The van der Waals surface area contributed by atoms with Gasteiger partial charge in [-0.25, -0.2) is 9.80 Å². The molecule has 19 heavy (non-hydrogen) atoms. The number of hydrogen-bond donors (Lipinski definition) is 0. The van der Waals surface area contributed by atoms with E-state index in [1.807, 2.05) is 0 Å². The molecule has 110 valence electrons. The Kier molecular flexibility index (Phi) is 4.70. The van der Waals surface area contributed by atoms with Crippen molar-refractivity contribution >= 4 is 5.91 Å². The molecule has 0 unspecified atom stereocenters. The van der Waals surface area contributed by atoms with Crippen LogP contribution in [0.5, 0.6) is 0 Å². The lowest BCUT2D eigenvalue weighted by molar-refractivity contribution is -0.257. The summed E-state index contributed by atoms with van der Waals surface area (Å²) in [5.74, 6) is -0.0499. The Bertz CT molecular complexity index is 312. The van der Waals surface area contributed by atoms with Gasteiger partial charge in [0.25, 0.3) is 0 Å². The molecule has 0 spiro atoms. The van der Waals surface area contributed by atoms with Gasteiger partial charge in [-0.2, -0.15) is 8.78 Å². The molecule has 2 fully saturated rings. The third-order valence-electron chi connectivity index (χ3n) is 3.71. The van der Waals surface area contributed by atoms with Gasteiger partial charge in [-0.15, -0.1) is 0 Å². The first-order valence-corrected chi connectivity index (χ1v) is 6.73. The smallest absolute Gasteiger partial charge is 0.369 e. The van der Waals surface area contributed by atoms with Gasteiger partial charge in [-0.1, -0.05) is 0 Å². The molecule has 0 aromatic rings. The molecular weight excluding hydrogens is 256 g/mol. The van der Waals surface area contributed by atoms with E-state index in [0.717, 1.165) is 4.90 Å². The molecule has 0 atom stereocenters. The number of hydrogen-bond acceptors (Lipinski definition) is 4. The summed E-state index contributed by atoms with van der Waals surface area (Å²) in [5.41, 5.74) is 0. The molecule has 5 nitrogen and oxygen atoms in total. The van der Waals surface area contributed by atoms with Crippen LogP contribution < -0.4 is 0 Å². The van der Waals surface area contributed by atoms with Crippen molar-refractivity contribution in [1.29, 1.82) is 0 Å². The molecule has 2 heterocycles. The Hall–Kier alpha value is -0.790. The molecule has 2 rings (SSSR count). The number of ether oxygens (including phenoxy) is 1. The highest BCUT2D eigenvalue weighted by molar-refractivity contribution is 5.73. The minimum Gasteiger partial charge on any atom is -0.380 e. The molecule has 1 amide bonds. The summed E-state index contributed by atoms with van der Waals surface area (Å²) >= 11 is 0. The molecule has 0 aromatic carbocycles. The Balaban J connectivity index is 1.94. The van der Waals surface area contributed by atoms with Gasteiger partial charge in [0.2, 0.25) is 5.91 Å². The van der Waals surface area contributed by atoms with Crippen LogP contribution in [0.4, 0.5) is 8.78 Å². The number of rotatable bonds is 2. The van der Waals surface area contributed by atoms with Crippen LogP contribution >= 0.6 is 0 Å². The molecule has 0 aromatic heterocycles. The maximum Gasteiger partial charge on any atom is 0.369 e. The third-order valence-corrected chi connectivity index (χ3v) is 3.71. The van der Waals surface area contributed by atoms with E-state index < -0.39 is 6.17 Å². The topological polar surface area (TPSA) is 36.0 Å². The summed E-state index contributed by atoms with van der Waals surface area (Å²) in [7, 11) is 0. The van der Waals surface area contributed by atoms with E-state index in [1.165, 1.54) is 11.8 Å². The number of piperazine rings is 1. The number of carbonyl (C=O) groups is 1. The van der Waals surface area contributed by atoms with Crippen molar-refractivity contribution in [2.24, 2.45) is 0 Å². The Morgan fingerprint density at radius 3 is 2.26 bits per heavy atom. The van der Waals surface area contributed by atoms with Crippen molar-refractivity contribution in [1.82, 2.24) is 14.7 Å². The van der Waals surface area contributed by atoms with E-state index in [1.54, 1.807) is 4.90 Å². The first-order chi connectivity index (χ1) is 9.01. The second-order valence-corrected chi connectivity index (χ2v) is 4.96. The lowest BCUT2D eigenvalue weighted by Crippen LogP contribution is -2.61. The molecule has 0 aliphatic carbocycles. The highest BCUT2D eigenvalue weighted by Gasteiger charge is 2.44. The van der Waals surface area contributed by atoms with Gasteiger partial charge in [0, 0.05) is 52.8 Å². The fourth-order valence-electron chi connectivity index (χ4n) is 2.51. The average molecular weight is 277 g/mol. The third kappa shape index (κ3) is 3.40. The molecule has 2 aliphatic heterocycles.